The molecule has 2 rings (SSSR count). The van der Waals surface area contributed by atoms with Crippen LogP contribution in [0, 0.1) is 11.6 Å². The lowest BCUT2D eigenvalue weighted by atomic mass is 10.2. The minimum Gasteiger partial charge on any atom is -0.397 e. The molecule has 0 unspecified atom stereocenters. The fourth-order valence-corrected chi connectivity index (χ4v) is 1.61. The largest absolute Gasteiger partial charge is 0.397 e. The number of carbonyl (C=O) groups is 1. The van der Waals surface area contributed by atoms with Crippen molar-refractivity contribution in [3.05, 3.63) is 58.6 Å². The van der Waals surface area contributed by atoms with E-state index >= 15 is 0 Å². The Hall–Kier alpha value is -2.14. The molecular formula is C13H9ClF2N2O. The van der Waals surface area contributed by atoms with Gasteiger partial charge in [0, 0.05) is 5.56 Å². The molecule has 0 saturated carbocycles. The molecule has 3 nitrogen and oxygen atoms in total. The van der Waals surface area contributed by atoms with E-state index in [-0.39, 0.29) is 22.0 Å². The number of nitrogens with two attached hydrogens (primary N) is 1. The van der Waals surface area contributed by atoms with E-state index in [0.717, 1.165) is 12.1 Å². The summed E-state index contributed by atoms with van der Waals surface area (Å²) < 4.78 is 26.7. The van der Waals surface area contributed by atoms with Crippen molar-refractivity contribution in [3.8, 4) is 0 Å². The molecule has 3 N–H and O–H groups in total. The number of amides is 1. The summed E-state index contributed by atoms with van der Waals surface area (Å²) in [6, 6.07) is 7.57. The molecule has 0 aliphatic carbocycles. The van der Waals surface area contributed by atoms with Crippen LogP contribution in [0.1, 0.15) is 10.4 Å². The van der Waals surface area contributed by atoms with E-state index in [4.69, 9.17) is 17.3 Å². The Morgan fingerprint density at radius 3 is 2.53 bits per heavy atom. The summed E-state index contributed by atoms with van der Waals surface area (Å²) in [6.45, 7) is 0. The van der Waals surface area contributed by atoms with E-state index in [1.165, 1.54) is 24.3 Å². The summed E-state index contributed by atoms with van der Waals surface area (Å²) in [5.74, 6) is -2.06. The second-order valence-corrected chi connectivity index (χ2v) is 4.19. The van der Waals surface area contributed by atoms with Crippen LogP contribution in [0.15, 0.2) is 36.4 Å². The molecule has 6 heteroatoms. The molecule has 0 bridgehead atoms. The van der Waals surface area contributed by atoms with Crippen LogP contribution in [0.5, 0.6) is 0 Å². The molecule has 2 aromatic rings. The van der Waals surface area contributed by atoms with Crippen LogP contribution >= 0.6 is 11.6 Å². The Bertz CT molecular complexity index is 626. The summed E-state index contributed by atoms with van der Waals surface area (Å²) >= 11 is 5.51. The van der Waals surface area contributed by atoms with Gasteiger partial charge < -0.3 is 11.1 Å². The van der Waals surface area contributed by atoms with Crippen LogP contribution in [0.25, 0.3) is 0 Å². The topological polar surface area (TPSA) is 55.1 Å². The van der Waals surface area contributed by atoms with E-state index < -0.39 is 17.5 Å². The summed E-state index contributed by atoms with van der Waals surface area (Å²) in [4.78, 5) is 11.8. The summed E-state index contributed by atoms with van der Waals surface area (Å²) in [6.07, 6.45) is 0. The van der Waals surface area contributed by atoms with Gasteiger partial charge in [0.2, 0.25) is 0 Å². The van der Waals surface area contributed by atoms with Crippen LogP contribution in [0.4, 0.5) is 20.2 Å². The van der Waals surface area contributed by atoms with E-state index in [2.05, 4.69) is 5.32 Å². The molecule has 1 amide bonds. The fourth-order valence-electron chi connectivity index (χ4n) is 1.50. The maximum absolute atomic E-state index is 13.5. The van der Waals surface area contributed by atoms with Gasteiger partial charge in [0.05, 0.1) is 10.7 Å². The first-order valence-electron chi connectivity index (χ1n) is 5.29. The monoisotopic (exact) mass is 282 g/mol. The van der Waals surface area contributed by atoms with Crippen molar-refractivity contribution in [1.29, 1.82) is 0 Å². The maximum atomic E-state index is 13.5. The van der Waals surface area contributed by atoms with Gasteiger partial charge >= 0.3 is 0 Å². The molecule has 2 aromatic carbocycles. The quantitative estimate of drug-likeness (QED) is 0.829. The van der Waals surface area contributed by atoms with Crippen molar-refractivity contribution in [2.75, 3.05) is 11.1 Å². The highest BCUT2D eigenvalue weighted by molar-refractivity contribution is 6.30. The molecule has 0 atom stereocenters. The van der Waals surface area contributed by atoms with Crippen molar-refractivity contribution in [1.82, 2.24) is 0 Å². The fraction of sp³-hybridized carbons (Fsp3) is 0. The lowest BCUT2D eigenvalue weighted by Crippen LogP contribution is -2.14. The Balaban J connectivity index is 2.28. The minimum atomic E-state index is -0.726. The molecule has 0 radical (unpaired) electrons. The van der Waals surface area contributed by atoms with Gasteiger partial charge in [-0.25, -0.2) is 8.78 Å². The molecular weight excluding hydrogens is 274 g/mol. The highest BCUT2D eigenvalue weighted by Crippen LogP contribution is 2.23. The van der Waals surface area contributed by atoms with Gasteiger partial charge in [-0.05, 0) is 30.3 Å². The number of para-hydroxylation sites is 1. The number of anilines is 2. The van der Waals surface area contributed by atoms with Gasteiger partial charge in [-0.3, -0.25) is 4.79 Å². The maximum Gasteiger partial charge on any atom is 0.255 e. The Labute approximate surface area is 113 Å². The summed E-state index contributed by atoms with van der Waals surface area (Å²) in [5, 5.41) is 2.20. The lowest BCUT2D eigenvalue weighted by molar-refractivity contribution is 0.102. The van der Waals surface area contributed by atoms with E-state index in [9.17, 15) is 13.6 Å². The van der Waals surface area contributed by atoms with Crippen molar-refractivity contribution in [2.24, 2.45) is 0 Å². The number of nitrogens with one attached hydrogen (secondary N) is 1. The van der Waals surface area contributed by atoms with Crippen LogP contribution in [-0.4, -0.2) is 5.91 Å². The SMILES string of the molecule is Nc1cccc(F)c1NC(=O)c1ccc(Cl)c(F)c1. The highest BCUT2D eigenvalue weighted by Gasteiger charge is 2.13. The Morgan fingerprint density at radius 2 is 1.89 bits per heavy atom. The molecule has 0 aliphatic heterocycles. The van der Waals surface area contributed by atoms with Crippen molar-refractivity contribution in [2.45, 2.75) is 0 Å². The van der Waals surface area contributed by atoms with Gasteiger partial charge in [0.15, 0.2) is 0 Å². The number of hydrogen-bond donors (Lipinski definition) is 2. The van der Waals surface area contributed by atoms with Gasteiger partial charge in [-0.15, -0.1) is 0 Å². The van der Waals surface area contributed by atoms with Crippen molar-refractivity contribution < 1.29 is 13.6 Å². The molecule has 0 heterocycles. The zero-order valence-corrected chi connectivity index (χ0v) is 10.3. The lowest BCUT2D eigenvalue weighted by Gasteiger charge is -2.09. The van der Waals surface area contributed by atoms with E-state index in [1.54, 1.807) is 0 Å². The number of halogens is 3. The molecule has 0 spiro atoms. The molecule has 0 aromatic heterocycles. The van der Waals surface area contributed by atoms with Gasteiger partial charge in [-0.2, -0.15) is 0 Å². The third kappa shape index (κ3) is 2.82. The number of carbonyl (C=O) groups excluding carboxylic acids is 1. The van der Waals surface area contributed by atoms with Gasteiger partial charge in [0.25, 0.3) is 5.91 Å². The first kappa shape index (κ1) is 13.3. The van der Waals surface area contributed by atoms with Gasteiger partial charge in [0.1, 0.15) is 17.3 Å². The first-order valence-corrected chi connectivity index (χ1v) is 5.67. The Kier molecular flexibility index (Phi) is 3.66. The first-order chi connectivity index (χ1) is 8.99. The predicted molar refractivity (Wildman–Crippen MR) is 70.2 cm³/mol. The molecule has 98 valence electrons. The van der Waals surface area contributed by atoms with Crippen LogP contribution in [0.2, 0.25) is 5.02 Å². The standard InChI is InChI=1S/C13H9ClF2N2O/c14-8-5-4-7(6-10(8)16)13(19)18-12-9(15)2-1-3-11(12)17/h1-6H,17H2,(H,18,19). The second kappa shape index (κ2) is 5.24. The zero-order valence-electron chi connectivity index (χ0n) is 9.58. The molecule has 19 heavy (non-hydrogen) atoms. The van der Waals surface area contributed by atoms with Crippen LogP contribution in [-0.2, 0) is 0 Å². The normalized spacial score (nSPS) is 10.3. The molecule has 0 fully saturated rings. The third-order valence-electron chi connectivity index (χ3n) is 2.47. The summed E-state index contributed by atoms with van der Waals surface area (Å²) in [7, 11) is 0. The third-order valence-corrected chi connectivity index (χ3v) is 2.77. The average molecular weight is 283 g/mol. The number of rotatable bonds is 2. The average Bonchev–Trinajstić information content (AvgIpc) is 2.37. The number of nitrogen functional groups attached to an aromatic ring is 1. The zero-order chi connectivity index (χ0) is 14.0. The molecule has 0 saturated heterocycles. The second-order valence-electron chi connectivity index (χ2n) is 3.79. The van der Waals surface area contributed by atoms with Crippen LogP contribution in [0.3, 0.4) is 0 Å². The number of benzene rings is 2. The number of hydrogen-bond acceptors (Lipinski definition) is 2. The highest BCUT2D eigenvalue weighted by atomic mass is 35.5. The van der Waals surface area contributed by atoms with Crippen LogP contribution < -0.4 is 11.1 Å². The minimum absolute atomic E-state index is 0.0181. The summed E-state index contributed by atoms with van der Waals surface area (Å²) in [5.41, 5.74) is 5.52. The Morgan fingerprint density at radius 1 is 1.16 bits per heavy atom. The van der Waals surface area contributed by atoms with E-state index in [1.807, 2.05) is 0 Å². The van der Waals surface area contributed by atoms with Crippen molar-refractivity contribution >= 4 is 28.9 Å². The predicted octanol–water partition coefficient (Wildman–Crippen LogP) is 3.45. The van der Waals surface area contributed by atoms with Crippen molar-refractivity contribution in [3.63, 3.8) is 0 Å². The smallest absolute Gasteiger partial charge is 0.255 e. The van der Waals surface area contributed by atoms with Gasteiger partial charge in [-0.1, -0.05) is 17.7 Å². The molecule has 0 aliphatic rings. The van der Waals surface area contributed by atoms with E-state index in [0.29, 0.717) is 0 Å².